The summed E-state index contributed by atoms with van der Waals surface area (Å²) in [6.07, 6.45) is 5.27. The van der Waals surface area contributed by atoms with E-state index in [0.29, 0.717) is 12.0 Å². The van der Waals surface area contributed by atoms with Crippen LogP contribution in [-0.2, 0) is 0 Å². The molecule has 0 bridgehead atoms. The van der Waals surface area contributed by atoms with Gasteiger partial charge in [-0.2, -0.15) is 15.0 Å². The van der Waals surface area contributed by atoms with Crippen molar-refractivity contribution in [3.05, 3.63) is 0 Å². The summed E-state index contributed by atoms with van der Waals surface area (Å²) in [7, 11) is 1.55. The lowest BCUT2D eigenvalue weighted by atomic mass is 10.3. The zero-order chi connectivity index (χ0) is 12.5. The number of nitrogens with two attached hydrogens (primary N) is 1. The number of methoxy groups -OCH3 is 1. The Morgan fingerprint density at radius 3 is 2.22 bits per heavy atom. The summed E-state index contributed by atoms with van der Waals surface area (Å²) in [6, 6.07) is 0.300. The van der Waals surface area contributed by atoms with Crippen LogP contribution in [0, 0.1) is 11.8 Å². The summed E-state index contributed by atoms with van der Waals surface area (Å²) < 4.78 is 5.06. The van der Waals surface area contributed by atoms with Crippen LogP contribution in [0.2, 0.25) is 0 Å². The molecule has 2 fully saturated rings. The number of rotatable bonds is 6. The van der Waals surface area contributed by atoms with Crippen LogP contribution in [0.3, 0.4) is 0 Å². The van der Waals surface area contributed by atoms with Gasteiger partial charge in [-0.25, -0.2) is 0 Å². The lowest BCUT2D eigenvalue weighted by Gasteiger charge is -2.22. The van der Waals surface area contributed by atoms with E-state index in [4.69, 9.17) is 10.5 Å². The van der Waals surface area contributed by atoms with Gasteiger partial charge in [0.25, 0.3) is 0 Å². The molecule has 0 saturated heterocycles. The van der Waals surface area contributed by atoms with Crippen molar-refractivity contribution in [3.63, 3.8) is 0 Å². The zero-order valence-corrected chi connectivity index (χ0v) is 10.7. The number of ether oxygens (including phenoxy) is 1. The van der Waals surface area contributed by atoms with Crippen molar-refractivity contribution in [2.45, 2.75) is 25.7 Å². The molecule has 0 atom stereocenters. The molecule has 1 aromatic rings. The minimum atomic E-state index is 0.230. The highest BCUT2D eigenvalue weighted by Gasteiger charge is 2.30. The van der Waals surface area contributed by atoms with Crippen LogP contribution in [0.1, 0.15) is 25.7 Å². The maximum Gasteiger partial charge on any atom is 0.322 e. The van der Waals surface area contributed by atoms with Crippen molar-refractivity contribution in [2.75, 3.05) is 30.8 Å². The first-order chi connectivity index (χ1) is 8.74. The molecule has 6 nitrogen and oxygen atoms in total. The molecule has 2 saturated carbocycles. The van der Waals surface area contributed by atoms with E-state index in [2.05, 4.69) is 19.9 Å². The Morgan fingerprint density at radius 2 is 1.72 bits per heavy atom. The van der Waals surface area contributed by atoms with E-state index in [1.807, 2.05) is 0 Å². The summed E-state index contributed by atoms with van der Waals surface area (Å²) in [4.78, 5) is 14.7. The molecule has 0 amide bonds. The Kier molecular flexibility index (Phi) is 2.93. The minimum absolute atomic E-state index is 0.230. The SMILES string of the molecule is COc1nc(N)nc(N(CC2CC2)CC2CC2)n1. The number of hydrogen-bond donors (Lipinski definition) is 1. The molecule has 1 heterocycles. The molecule has 98 valence electrons. The molecular weight excluding hydrogens is 230 g/mol. The summed E-state index contributed by atoms with van der Waals surface area (Å²) in [6.45, 7) is 2.06. The highest BCUT2D eigenvalue weighted by Crippen LogP contribution is 2.35. The van der Waals surface area contributed by atoms with Crippen LogP contribution in [-0.4, -0.2) is 35.2 Å². The third kappa shape index (κ3) is 2.80. The van der Waals surface area contributed by atoms with E-state index in [1.165, 1.54) is 25.7 Å². The topological polar surface area (TPSA) is 77.2 Å². The van der Waals surface area contributed by atoms with Crippen molar-refractivity contribution in [1.29, 1.82) is 0 Å². The van der Waals surface area contributed by atoms with Gasteiger partial charge in [0.05, 0.1) is 7.11 Å². The fourth-order valence-corrected chi connectivity index (χ4v) is 2.06. The van der Waals surface area contributed by atoms with Gasteiger partial charge in [-0.05, 0) is 37.5 Å². The quantitative estimate of drug-likeness (QED) is 0.813. The predicted octanol–water partition coefficient (Wildman–Crippen LogP) is 1.09. The Hall–Kier alpha value is -1.59. The molecule has 3 rings (SSSR count). The maximum atomic E-state index is 5.70. The average Bonchev–Trinajstić information content (AvgIpc) is 3.22. The first kappa shape index (κ1) is 11.5. The number of anilines is 2. The van der Waals surface area contributed by atoms with E-state index in [0.717, 1.165) is 24.9 Å². The van der Waals surface area contributed by atoms with Crippen molar-refractivity contribution >= 4 is 11.9 Å². The average molecular weight is 249 g/mol. The summed E-state index contributed by atoms with van der Waals surface area (Å²) in [5.74, 6) is 2.49. The van der Waals surface area contributed by atoms with E-state index in [9.17, 15) is 0 Å². The number of nitrogen functional groups attached to an aromatic ring is 1. The fourth-order valence-electron chi connectivity index (χ4n) is 2.06. The van der Waals surface area contributed by atoms with Gasteiger partial charge in [-0.3, -0.25) is 0 Å². The standard InChI is InChI=1S/C12H19N5O/c1-18-12-15-10(13)14-11(16-12)17(6-8-2-3-8)7-9-4-5-9/h8-9H,2-7H2,1H3,(H2,13,14,15,16). The first-order valence-corrected chi connectivity index (χ1v) is 6.55. The summed E-state index contributed by atoms with van der Waals surface area (Å²) in [5.41, 5.74) is 5.70. The van der Waals surface area contributed by atoms with Gasteiger partial charge in [-0.15, -0.1) is 0 Å². The lowest BCUT2D eigenvalue weighted by molar-refractivity contribution is 0.378. The van der Waals surface area contributed by atoms with Crippen molar-refractivity contribution in [3.8, 4) is 6.01 Å². The highest BCUT2D eigenvalue weighted by molar-refractivity contribution is 5.36. The van der Waals surface area contributed by atoms with Gasteiger partial charge in [0.15, 0.2) is 0 Å². The molecule has 0 radical (unpaired) electrons. The van der Waals surface area contributed by atoms with Gasteiger partial charge in [0, 0.05) is 13.1 Å². The predicted molar refractivity (Wildman–Crippen MR) is 68.5 cm³/mol. The number of hydrogen-bond acceptors (Lipinski definition) is 6. The second-order valence-corrected chi connectivity index (χ2v) is 5.27. The van der Waals surface area contributed by atoms with Gasteiger partial charge in [-0.1, -0.05) is 0 Å². The van der Waals surface area contributed by atoms with Crippen molar-refractivity contribution in [1.82, 2.24) is 15.0 Å². The Bertz CT molecular complexity index is 416. The van der Waals surface area contributed by atoms with Gasteiger partial charge < -0.3 is 15.4 Å². The largest absolute Gasteiger partial charge is 0.467 e. The van der Waals surface area contributed by atoms with E-state index in [-0.39, 0.29) is 5.95 Å². The molecular formula is C12H19N5O. The molecule has 2 N–H and O–H groups in total. The number of nitrogens with zero attached hydrogens (tertiary/aromatic N) is 4. The van der Waals surface area contributed by atoms with Crippen molar-refractivity contribution in [2.24, 2.45) is 11.8 Å². The molecule has 0 aliphatic heterocycles. The smallest absolute Gasteiger partial charge is 0.322 e. The van der Waals surface area contributed by atoms with Crippen molar-refractivity contribution < 1.29 is 4.74 Å². The fraction of sp³-hybridized carbons (Fsp3) is 0.750. The van der Waals surface area contributed by atoms with E-state index in [1.54, 1.807) is 7.11 Å². The first-order valence-electron chi connectivity index (χ1n) is 6.55. The zero-order valence-electron chi connectivity index (χ0n) is 10.7. The second kappa shape index (κ2) is 4.59. The molecule has 2 aliphatic rings. The lowest BCUT2D eigenvalue weighted by Crippen LogP contribution is -2.30. The van der Waals surface area contributed by atoms with Gasteiger partial charge >= 0.3 is 6.01 Å². The van der Waals surface area contributed by atoms with Crippen LogP contribution < -0.4 is 15.4 Å². The summed E-state index contributed by atoms with van der Waals surface area (Å²) in [5, 5.41) is 0. The summed E-state index contributed by atoms with van der Waals surface area (Å²) >= 11 is 0. The maximum absolute atomic E-state index is 5.70. The highest BCUT2D eigenvalue weighted by atomic mass is 16.5. The normalized spacial score (nSPS) is 18.7. The minimum Gasteiger partial charge on any atom is -0.467 e. The van der Waals surface area contributed by atoms with Gasteiger partial charge in [0.2, 0.25) is 11.9 Å². The third-order valence-corrected chi connectivity index (χ3v) is 3.44. The molecule has 0 unspecified atom stereocenters. The van der Waals surface area contributed by atoms with Crippen LogP contribution >= 0.6 is 0 Å². The Balaban J connectivity index is 1.79. The molecule has 18 heavy (non-hydrogen) atoms. The monoisotopic (exact) mass is 249 g/mol. The molecule has 6 heteroatoms. The molecule has 0 spiro atoms. The van der Waals surface area contributed by atoms with Gasteiger partial charge in [0.1, 0.15) is 0 Å². The second-order valence-electron chi connectivity index (χ2n) is 5.27. The molecule has 0 aromatic carbocycles. The third-order valence-electron chi connectivity index (χ3n) is 3.44. The molecule has 1 aromatic heterocycles. The van der Waals surface area contributed by atoms with Crippen LogP contribution in [0.5, 0.6) is 6.01 Å². The van der Waals surface area contributed by atoms with Crippen LogP contribution in [0.15, 0.2) is 0 Å². The van der Waals surface area contributed by atoms with E-state index >= 15 is 0 Å². The van der Waals surface area contributed by atoms with Crippen LogP contribution in [0.25, 0.3) is 0 Å². The Labute approximate surface area is 107 Å². The Morgan fingerprint density at radius 1 is 1.11 bits per heavy atom. The molecule has 2 aliphatic carbocycles. The van der Waals surface area contributed by atoms with Crippen LogP contribution in [0.4, 0.5) is 11.9 Å². The van der Waals surface area contributed by atoms with E-state index < -0.39 is 0 Å². The number of aromatic nitrogens is 3.